The third kappa shape index (κ3) is 2.71. The first kappa shape index (κ1) is 18.4. The van der Waals surface area contributed by atoms with Crippen LogP contribution < -0.4 is 17.0 Å². The smallest absolute Gasteiger partial charge is 0.329 e. The number of nitrogens with zero attached hydrogens (tertiary/aromatic N) is 1. The van der Waals surface area contributed by atoms with Crippen molar-refractivity contribution in [3.8, 4) is 0 Å². The molecule has 6 nitrogen and oxygen atoms in total. The van der Waals surface area contributed by atoms with Crippen LogP contribution in [0.25, 0.3) is 10.2 Å². The molecule has 2 heterocycles. The number of thiophene rings is 1. The molecule has 2 aliphatic carbocycles. The zero-order valence-corrected chi connectivity index (χ0v) is 17.3. The zero-order valence-electron chi connectivity index (χ0n) is 16.5. The quantitative estimate of drug-likeness (QED) is 0.647. The maximum absolute atomic E-state index is 13.2. The molecular weight excluding hydrogens is 386 g/mol. The third-order valence-corrected chi connectivity index (χ3v) is 8.02. The number of ketones is 1. The van der Waals surface area contributed by atoms with E-state index in [0.717, 1.165) is 30.4 Å². The molecule has 0 aliphatic heterocycles. The predicted molar refractivity (Wildman–Crippen MR) is 115 cm³/mol. The van der Waals surface area contributed by atoms with Crippen molar-refractivity contribution in [3.63, 3.8) is 0 Å². The molecular formula is C22H23N3O3S. The van der Waals surface area contributed by atoms with Crippen LogP contribution in [0.15, 0.2) is 27.8 Å². The van der Waals surface area contributed by atoms with Gasteiger partial charge in [0.25, 0.3) is 5.56 Å². The maximum Gasteiger partial charge on any atom is 0.329 e. The van der Waals surface area contributed by atoms with E-state index in [2.05, 4.69) is 4.98 Å². The zero-order chi connectivity index (χ0) is 20.4. The minimum absolute atomic E-state index is 0.0724. The molecule has 1 aromatic carbocycles. The number of fused-ring (bicyclic) bond motifs is 3. The Morgan fingerprint density at radius 1 is 1.17 bits per heavy atom. The third-order valence-electron chi connectivity index (χ3n) is 6.82. The number of hydrogen-bond donors (Lipinski definition) is 2. The van der Waals surface area contributed by atoms with E-state index < -0.39 is 11.2 Å². The summed E-state index contributed by atoms with van der Waals surface area (Å²) >= 11 is 1.17. The first-order chi connectivity index (χ1) is 13.8. The van der Waals surface area contributed by atoms with Crippen molar-refractivity contribution < 1.29 is 4.79 Å². The summed E-state index contributed by atoms with van der Waals surface area (Å²) in [6.07, 6.45) is 4.40. The molecule has 29 heavy (non-hydrogen) atoms. The van der Waals surface area contributed by atoms with Gasteiger partial charge < -0.3 is 5.73 Å². The van der Waals surface area contributed by atoms with Gasteiger partial charge in [-0.15, -0.1) is 11.3 Å². The van der Waals surface area contributed by atoms with Gasteiger partial charge in [-0.05, 0) is 62.1 Å². The van der Waals surface area contributed by atoms with Gasteiger partial charge in [0.15, 0.2) is 0 Å². The van der Waals surface area contributed by atoms with Crippen LogP contribution in [-0.4, -0.2) is 15.3 Å². The predicted octanol–water partition coefficient (Wildman–Crippen LogP) is 3.54. The second kappa shape index (κ2) is 6.42. The number of nitrogens with two attached hydrogens (primary N) is 1. The van der Waals surface area contributed by atoms with Crippen LogP contribution in [0.3, 0.4) is 0 Å². The Morgan fingerprint density at radius 3 is 2.62 bits per heavy atom. The molecule has 0 spiro atoms. The van der Waals surface area contributed by atoms with Crippen molar-refractivity contribution in [1.29, 1.82) is 0 Å². The van der Waals surface area contributed by atoms with Gasteiger partial charge in [0.2, 0.25) is 5.78 Å². The Morgan fingerprint density at radius 2 is 1.97 bits per heavy atom. The van der Waals surface area contributed by atoms with Gasteiger partial charge in [0.05, 0.1) is 11.1 Å². The highest BCUT2D eigenvalue weighted by Crippen LogP contribution is 2.51. The van der Waals surface area contributed by atoms with Gasteiger partial charge in [0.1, 0.15) is 9.71 Å². The van der Waals surface area contributed by atoms with Crippen LogP contribution in [0.2, 0.25) is 0 Å². The van der Waals surface area contributed by atoms with Crippen molar-refractivity contribution in [3.05, 3.63) is 60.6 Å². The van der Waals surface area contributed by atoms with Crippen LogP contribution in [0.1, 0.15) is 58.1 Å². The first-order valence-electron chi connectivity index (χ1n) is 10.0. The summed E-state index contributed by atoms with van der Waals surface area (Å²) in [5, 5.41) is 0.268. The number of benzene rings is 1. The normalized spacial score (nSPS) is 23.2. The Kier molecular flexibility index (Phi) is 4.07. The lowest BCUT2D eigenvalue weighted by molar-refractivity contribution is 0.104. The highest BCUT2D eigenvalue weighted by Gasteiger charge is 2.42. The largest absolute Gasteiger partial charge is 0.397 e. The molecule has 3 atom stereocenters. The monoisotopic (exact) mass is 409 g/mol. The minimum Gasteiger partial charge on any atom is -0.397 e. The van der Waals surface area contributed by atoms with E-state index in [1.54, 1.807) is 10.6 Å². The summed E-state index contributed by atoms with van der Waals surface area (Å²) in [7, 11) is 0. The van der Waals surface area contributed by atoms with Crippen molar-refractivity contribution in [2.75, 3.05) is 5.73 Å². The molecule has 3 aromatic rings. The standard InChI is InChI=1S/C22H23N3O3S/c1-10-3-5-14(7-11(10)2)18(26)19-17(23)16-20(27)24-22(28)25(21(16)29-19)15-9-12-4-6-13(15)8-12/h3,5,7,12-13,15H,4,6,8-9,23H2,1-2H3,(H,24,27,28)/t12-,13-,15-/m0/s1. The van der Waals surface area contributed by atoms with Gasteiger partial charge >= 0.3 is 5.69 Å². The van der Waals surface area contributed by atoms with Gasteiger partial charge in [0, 0.05) is 11.6 Å². The molecule has 5 rings (SSSR count). The number of aromatic nitrogens is 2. The molecule has 2 fully saturated rings. The summed E-state index contributed by atoms with van der Waals surface area (Å²) in [6.45, 7) is 3.95. The Hall–Kier alpha value is -2.67. The average molecular weight is 410 g/mol. The van der Waals surface area contributed by atoms with Crippen molar-refractivity contribution in [1.82, 2.24) is 9.55 Å². The van der Waals surface area contributed by atoms with Gasteiger partial charge in [-0.1, -0.05) is 18.6 Å². The molecule has 2 bridgehead atoms. The van der Waals surface area contributed by atoms with E-state index in [-0.39, 0.29) is 22.9 Å². The fraction of sp³-hybridized carbons (Fsp3) is 0.409. The van der Waals surface area contributed by atoms with E-state index in [0.29, 0.717) is 27.1 Å². The summed E-state index contributed by atoms with van der Waals surface area (Å²) in [4.78, 5) is 41.8. The van der Waals surface area contributed by atoms with Gasteiger partial charge in [-0.3, -0.25) is 19.1 Å². The van der Waals surface area contributed by atoms with Gasteiger partial charge in [-0.2, -0.15) is 0 Å². The SMILES string of the molecule is Cc1ccc(C(=O)c2sc3c(c2N)c(=O)[nH]c(=O)n3[C@H]2C[C@H]3CC[C@H]2C3)cc1C. The molecule has 7 heteroatoms. The maximum atomic E-state index is 13.2. The van der Waals surface area contributed by atoms with Crippen molar-refractivity contribution in [2.45, 2.75) is 45.6 Å². The highest BCUT2D eigenvalue weighted by atomic mass is 32.1. The van der Waals surface area contributed by atoms with E-state index in [1.807, 2.05) is 26.0 Å². The van der Waals surface area contributed by atoms with Gasteiger partial charge in [-0.25, -0.2) is 4.79 Å². The Labute approximate surface area is 171 Å². The van der Waals surface area contributed by atoms with Crippen LogP contribution in [0, 0.1) is 25.7 Å². The number of hydrogen-bond acceptors (Lipinski definition) is 5. The molecule has 0 saturated heterocycles. The fourth-order valence-corrected chi connectivity index (χ4v) is 6.38. The summed E-state index contributed by atoms with van der Waals surface area (Å²) in [6, 6.07) is 5.60. The Balaban J connectivity index is 1.69. The summed E-state index contributed by atoms with van der Waals surface area (Å²) in [5.41, 5.74) is 8.22. The van der Waals surface area contributed by atoms with Crippen LogP contribution in [0.5, 0.6) is 0 Å². The number of H-pyrrole nitrogens is 1. The number of carbonyl (C=O) groups is 1. The number of nitrogen functional groups attached to an aromatic ring is 1. The van der Waals surface area contributed by atoms with E-state index in [1.165, 1.54) is 17.8 Å². The summed E-state index contributed by atoms with van der Waals surface area (Å²) < 4.78 is 1.71. The first-order valence-corrected chi connectivity index (χ1v) is 10.9. The van der Waals surface area contributed by atoms with E-state index >= 15 is 0 Å². The van der Waals surface area contributed by atoms with E-state index in [4.69, 9.17) is 5.73 Å². The second-order valence-corrected chi connectivity index (χ2v) is 9.52. The topological polar surface area (TPSA) is 98.0 Å². The highest BCUT2D eigenvalue weighted by molar-refractivity contribution is 7.21. The van der Waals surface area contributed by atoms with Crippen molar-refractivity contribution in [2.24, 2.45) is 11.8 Å². The number of aromatic amines is 1. The molecule has 0 amide bonds. The van der Waals surface area contributed by atoms with Crippen LogP contribution >= 0.6 is 11.3 Å². The van der Waals surface area contributed by atoms with Crippen LogP contribution in [0.4, 0.5) is 5.69 Å². The van der Waals surface area contributed by atoms with Crippen LogP contribution in [-0.2, 0) is 0 Å². The molecule has 2 aliphatic rings. The summed E-state index contributed by atoms with van der Waals surface area (Å²) in [5.74, 6) is 0.889. The lowest BCUT2D eigenvalue weighted by Crippen LogP contribution is -2.34. The van der Waals surface area contributed by atoms with Crippen molar-refractivity contribution >= 4 is 33.0 Å². The lowest BCUT2D eigenvalue weighted by Gasteiger charge is -2.24. The molecule has 0 radical (unpaired) electrons. The number of carbonyl (C=O) groups excluding carboxylic acids is 1. The second-order valence-electron chi connectivity index (χ2n) is 8.52. The molecule has 2 aromatic heterocycles. The molecule has 3 N–H and O–H groups in total. The number of aryl methyl sites for hydroxylation is 2. The lowest BCUT2D eigenvalue weighted by atomic mass is 9.95. The minimum atomic E-state index is -0.516. The molecule has 0 unspecified atom stereocenters. The Bertz CT molecular complexity index is 1280. The fourth-order valence-electron chi connectivity index (χ4n) is 5.14. The number of nitrogens with one attached hydrogen (secondary N) is 1. The number of anilines is 1. The number of rotatable bonds is 3. The van der Waals surface area contributed by atoms with E-state index in [9.17, 15) is 14.4 Å². The molecule has 2 saturated carbocycles. The average Bonchev–Trinajstić information content (AvgIpc) is 3.38. The molecule has 150 valence electrons.